The van der Waals surface area contributed by atoms with Gasteiger partial charge in [0.1, 0.15) is 17.5 Å². The van der Waals surface area contributed by atoms with E-state index in [0.29, 0.717) is 28.8 Å². The molecule has 1 aliphatic heterocycles. The highest BCUT2D eigenvalue weighted by Crippen LogP contribution is 2.40. The summed E-state index contributed by atoms with van der Waals surface area (Å²) in [4.78, 5) is 16.7. The van der Waals surface area contributed by atoms with Crippen LogP contribution in [0, 0.1) is 0 Å². The van der Waals surface area contributed by atoms with Crippen molar-refractivity contribution in [2.45, 2.75) is 12.6 Å². The molecule has 4 aromatic rings. The number of fused-ring (bicyclic) bond motifs is 3. The summed E-state index contributed by atoms with van der Waals surface area (Å²) in [6.45, 7) is 0.443. The van der Waals surface area contributed by atoms with Gasteiger partial charge in [-0.1, -0.05) is 35.9 Å². The van der Waals surface area contributed by atoms with E-state index in [0.717, 1.165) is 21.8 Å². The molecule has 168 valence electrons. The van der Waals surface area contributed by atoms with Gasteiger partial charge in [-0.15, -0.1) is 11.3 Å². The van der Waals surface area contributed by atoms with Crippen molar-refractivity contribution in [3.63, 3.8) is 0 Å². The lowest BCUT2D eigenvalue weighted by Crippen LogP contribution is -2.37. The average Bonchev–Trinajstić information content (AvgIpc) is 3.50. The van der Waals surface area contributed by atoms with E-state index in [1.807, 2.05) is 40.7 Å². The smallest absolute Gasteiger partial charge is 0.323 e. The van der Waals surface area contributed by atoms with Crippen LogP contribution in [-0.4, -0.2) is 29.7 Å². The normalized spacial score (nSPS) is 14.8. The van der Waals surface area contributed by atoms with Crippen LogP contribution in [0.2, 0.25) is 5.02 Å². The van der Waals surface area contributed by atoms with Gasteiger partial charge in [0, 0.05) is 17.1 Å². The van der Waals surface area contributed by atoms with Gasteiger partial charge in [-0.05, 0) is 41.3 Å². The van der Waals surface area contributed by atoms with E-state index in [4.69, 9.17) is 21.1 Å². The van der Waals surface area contributed by atoms with E-state index >= 15 is 0 Å². The van der Waals surface area contributed by atoms with Gasteiger partial charge >= 0.3 is 6.03 Å². The van der Waals surface area contributed by atoms with E-state index in [2.05, 4.69) is 34.1 Å². The fourth-order valence-electron chi connectivity index (χ4n) is 4.23. The van der Waals surface area contributed by atoms with Gasteiger partial charge in [-0.25, -0.2) is 4.79 Å². The second-order valence-electron chi connectivity index (χ2n) is 7.59. The number of hydrogen-bond donors (Lipinski definition) is 1. The fraction of sp³-hybridized carbons (Fsp3) is 0.160. The van der Waals surface area contributed by atoms with Crippen LogP contribution in [0.15, 0.2) is 72.2 Å². The molecule has 0 aliphatic carbocycles. The van der Waals surface area contributed by atoms with Crippen molar-refractivity contribution in [3.05, 3.63) is 93.4 Å². The van der Waals surface area contributed by atoms with Gasteiger partial charge in [0.2, 0.25) is 0 Å². The molecule has 2 amide bonds. The molecule has 1 aliphatic rings. The molecule has 0 bridgehead atoms. The Hall–Kier alpha value is -3.42. The lowest BCUT2D eigenvalue weighted by Gasteiger charge is -2.30. The van der Waals surface area contributed by atoms with Crippen molar-refractivity contribution in [1.29, 1.82) is 0 Å². The molecule has 0 saturated heterocycles. The molecular weight excluding hydrogens is 458 g/mol. The topological polar surface area (TPSA) is 55.7 Å². The zero-order valence-electron chi connectivity index (χ0n) is 18.1. The van der Waals surface area contributed by atoms with Gasteiger partial charge < -0.3 is 24.3 Å². The Morgan fingerprint density at radius 3 is 2.64 bits per heavy atom. The molecule has 3 heterocycles. The SMILES string of the molecule is COc1cc(OC)c(NC(=O)N2Cc3ccccc3-n3cccc3[C@@H]2c2cccs2)cc1Cl. The number of carbonyl (C=O) groups excluding carboxylic acids is 1. The van der Waals surface area contributed by atoms with Gasteiger partial charge in [0.25, 0.3) is 0 Å². The first-order chi connectivity index (χ1) is 16.1. The number of amides is 2. The number of para-hydroxylation sites is 1. The Kier molecular flexibility index (Phi) is 5.74. The van der Waals surface area contributed by atoms with Crippen molar-refractivity contribution >= 4 is 34.7 Å². The van der Waals surface area contributed by atoms with Crippen molar-refractivity contribution in [2.24, 2.45) is 0 Å². The standard InChI is InChI=1S/C25H22ClN3O3S/c1-31-21-14-22(32-2)18(13-17(21)26)27-25(30)29-15-16-7-3-4-8-19(16)28-11-5-9-20(28)24(29)23-10-6-12-33-23/h3-14,24H,15H2,1-2H3,(H,27,30)/t24-/m1/s1. The quantitative estimate of drug-likeness (QED) is 0.371. The molecule has 5 rings (SSSR count). The summed E-state index contributed by atoms with van der Waals surface area (Å²) < 4.78 is 12.9. The summed E-state index contributed by atoms with van der Waals surface area (Å²) >= 11 is 7.97. The van der Waals surface area contributed by atoms with Crippen LogP contribution in [0.25, 0.3) is 5.69 Å². The maximum atomic E-state index is 13.8. The third-order valence-corrected chi connectivity index (χ3v) is 6.97. The minimum absolute atomic E-state index is 0.252. The van der Waals surface area contributed by atoms with Crippen LogP contribution >= 0.6 is 22.9 Å². The molecule has 0 unspecified atom stereocenters. The molecule has 0 fully saturated rings. The zero-order valence-corrected chi connectivity index (χ0v) is 19.7. The first-order valence-electron chi connectivity index (χ1n) is 10.4. The van der Waals surface area contributed by atoms with Crippen LogP contribution in [0.5, 0.6) is 11.5 Å². The largest absolute Gasteiger partial charge is 0.495 e. The average molecular weight is 480 g/mol. The number of thiophene rings is 1. The summed E-state index contributed by atoms with van der Waals surface area (Å²) in [6.07, 6.45) is 2.04. The van der Waals surface area contributed by atoms with Crippen LogP contribution in [0.1, 0.15) is 22.2 Å². The zero-order chi connectivity index (χ0) is 22.9. The van der Waals surface area contributed by atoms with Gasteiger partial charge in [-0.3, -0.25) is 0 Å². The van der Waals surface area contributed by atoms with Crippen LogP contribution < -0.4 is 14.8 Å². The first-order valence-corrected chi connectivity index (χ1v) is 11.6. The molecule has 1 N–H and O–H groups in total. The second kappa shape index (κ2) is 8.84. The number of benzene rings is 2. The highest BCUT2D eigenvalue weighted by molar-refractivity contribution is 7.10. The van der Waals surface area contributed by atoms with E-state index in [1.54, 1.807) is 30.6 Å². The van der Waals surface area contributed by atoms with E-state index < -0.39 is 0 Å². The highest BCUT2D eigenvalue weighted by Gasteiger charge is 2.34. The van der Waals surface area contributed by atoms with Crippen molar-refractivity contribution < 1.29 is 14.3 Å². The number of urea groups is 1. The molecule has 0 spiro atoms. The predicted octanol–water partition coefficient (Wildman–Crippen LogP) is 6.35. The summed E-state index contributed by atoms with van der Waals surface area (Å²) in [6, 6.07) is 19.1. The summed E-state index contributed by atoms with van der Waals surface area (Å²) in [5.41, 5.74) is 3.63. The Bertz CT molecular complexity index is 1300. The van der Waals surface area contributed by atoms with Gasteiger partial charge in [0.15, 0.2) is 0 Å². The maximum Gasteiger partial charge on any atom is 0.323 e. The number of anilines is 1. The number of rotatable bonds is 4. The lowest BCUT2D eigenvalue weighted by atomic mass is 10.1. The molecule has 0 saturated carbocycles. The Morgan fingerprint density at radius 2 is 1.88 bits per heavy atom. The maximum absolute atomic E-state index is 13.8. The van der Waals surface area contributed by atoms with Crippen LogP contribution in [0.4, 0.5) is 10.5 Å². The predicted molar refractivity (Wildman–Crippen MR) is 131 cm³/mol. The van der Waals surface area contributed by atoms with E-state index in [1.165, 1.54) is 7.11 Å². The molecule has 6 nitrogen and oxygen atoms in total. The summed E-state index contributed by atoms with van der Waals surface area (Å²) in [5.74, 6) is 0.945. The minimum atomic E-state index is -0.257. The number of methoxy groups -OCH3 is 2. The lowest BCUT2D eigenvalue weighted by molar-refractivity contribution is 0.195. The molecule has 2 aromatic heterocycles. The number of aromatic nitrogens is 1. The molecular formula is C25H22ClN3O3S. The third-order valence-electron chi connectivity index (χ3n) is 5.75. The fourth-order valence-corrected chi connectivity index (χ4v) is 5.32. The monoisotopic (exact) mass is 479 g/mol. The van der Waals surface area contributed by atoms with E-state index in [-0.39, 0.29) is 12.1 Å². The molecule has 1 atom stereocenters. The third kappa shape index (κ3) is 3.83. The number of hydrogen-bond acceptors (Lipinski definition) is 4. The van der Waals surface area contributed by atoms with Crippen LogP contribution in [-0.2, 0) is 6.54 Å². The summed E-state index contributed by atoms with van der Waals surface area (Å²) in [5, 5.41) is 5.43. The number of nitrogens with one attached hydrogen (secondary N) is 1. The van der Waals surface area contributed by atoms with Crippen molar-refractivity contribution in [2.75, 3.05) is 19.5 Å². The Morgan fingerprint density at radius 1 is 1.06 bits per heavy atom. The van der Waals surface area contributed by atoms with Gasteiger partial charge in [0.05, 0.1) is 42.9 Å². The number of nitrogens with zero attached hydrogens (tertiary/aromatic N) is 2. The number of ether oxygens (including phenoxy) is 2. The second-order valence-corrected chi connectivity index (χ2v) is 8.98. The number of halogens is 1. The number of carbonyl (C=O) groups is 1. The first kappa shape index (κ1) is 21.4. The Labute approximate surface area is 200 Å². The minimum Gasteiger partial charge on any atom is -0.495 e. The molecule has 0 radical (unpaired) electrons. The van der Waals surface area contributed by atoms with Gasteiger partial charge in [-0.2, -0.15) is 0 Å². The molecule has 8 heteroatoms. The molecule has 33 heavy (non-hydrogen) atoms. The molecule has 2 aromatic carbocycles. The van der Waals surface area contributed by atoms with Crippen LogP contribution in [0.3, 0.4) is 0 Å². The Balaban J connectivity index is 1.59. The van der Waals surface area contributed by atoms with Crippen molar-refractivity contribution in [3.8, 4) is 17.2 Å². The summed E-state index contributed by atoms with van der Waals surface area (Å²) in [7, 11) is 3.08. The van der Waals surface area contributed by atoms with Crippen molar-refractivity contribution in [1.82, 2.24) is 9.47 Å². The van der Waals surface area contributed by atoms with E-state index in [9.17, 15) is 4.79 Å². The highest BCUT2D eigenvalue weighted by atomic mass is 35.5.